The van der Waals surface area contributed by atoms with Crippen molar-refractivity contribution in [3.8, 4) is 0 Å². The lowest BCUT2D eigenvalue weighted by Crippen LogP contribution is -2.41. The Kier molecular flexibility index (Phi) is 3.36. The summed E-state index contributed by atoms with van der Waals surface area (Å²) >= 11 is 0. The number of hydrogen-bond donors (Lipinski definition) is 0. The molecule has 1 aliphatic rings. The Morgan fingerprint density at radius 2 is 1.87 bits per heavy atom. The molecule has 1 saturated carbocycles. The normalized spacial score (nSPS) is 16.3. The van der Waals surface area contributed by atoms with E-state index in [1.54, 1.807) is 0 Å². The van der Waals surface area contributed by atoms with Crippen molar-refractivity contribution in [1.82, 2.24) is 4.90 Å². The van der Waals surface area contributed by atoms with E-state index in [-0.39, 0.29) is 6.04 Å². The largest absolute Gasteiger partial charge is 0.406 e. The minimum absolute atomic E-state index is 0.321. The van der Waals surface area contributed by atoms with Crippen LogP contribution in [0, 0.1) is 0 Å². The quantitative estimate of drug-likeness (QED) is 0.677. The van der Waals surface area contributed by atoms with E-state index < -0.39 is 30.8 Å². The Balaban J connectivity index is 2.57. The van der Waals surface area contributed by atoms with Crippen molar-refractivity contribution in [1.29, 1.82) is 0 Å². The second-order valence-corrected chi connectivity index (χ2v) is 3.75. The molecule has 1 fully saturated rings. The second kappa shape index (κ2) is 4.20. The molecule has 15 heavy (non-hydrogen) atoms. The van der Waals surface area contributed by atoms with Crippen LogP contribution in [0.2, 0.25) is 0 Å². The van der Waals surface area contributed by atoms with Gasteiger partial charge in [-0.15, -0.1) is 0 Å². The highest BCUT2D eigenvalue weighted by Crippen LogP contribution is 2.30. The van der Waals surface area contributed by atoms with Crippen LogP contribution in [0.5, 0.6) is 0 Å². The topological polar surface area (TPSA) is 37.4 Å². The predicted molar refractivity (Wildman–Crippen MR) is 46.1 cm³/mol. The van der Waals surface area contributed by atoms with Gasteiger partial charge in [-0.3, -0.25) is 9.59 Å². The predicted octanol–water partition coefficient (Wildman–Crippen LogP) is 1.52. The van der Waals surface area contributed by atoms with Crippen molar-refractivity contribution in [2.24, 2.45) is 0 Å². The number of halogens is 3. The molecule has 0 unspecified atom stereocenters. The first kappa shape index (κ1) is 12.0. The van der Waals surface area contributed by atoms with Gasteiger partial charge in [-0.1, -0.05) is 0 Å². The van der Waals surface area contributed by atoms with Gasteiger partial charge in [0.15, 0.2) is 0 Å². The molecule has 0 saturated heterocycles. The van der Waals surface area contributed by atoms with E-state index in [1.165, 1.54) is 6.92 Å². The fourth-order valence-electron chi connectivity index (χ4n) is 1.31. The van der Waals surface area contributed by atoms with E-state index >= 15 is 0 Å². The molecule has 86 valence electrons. The van der Waals surface area contributed by atoms with E-state index in [0.29, 0.717) is 12.8 Å². The number of ketones is 1. The van der Waals surface area contributed by atoms with Crippen LogP contribution in [-0.2, 0) is 9.59 Å². The number of carbonyl (C=O) groups excluding carboxylic acids is 2. The molecule has 0 aromatic rings. The van der Waals surface area contributed by atoms with Gasteiger partial charge in [-0.2, -0.15) is 13.2 Å². The first-order valence-electron chi connectivity index (χ1n) is 4.65. The third kappa shape index (κ3) is 4.31. The zero-order chi connectivity index (χ0) is 11.6. The Labute approximate surface area is 85.2 Å². The molecule has 0 bridgehead atoms. The summed E-state index contributed by atoms with van der Waals surface area (Å²) in [4.78, 5) is 22.7. The Morgan fingerprint density at radius 3 is 2.20 bits per heavy atom. The highest BCUT2D eigenvalue weighted by atomic mass is 19.4. The number of nitrogens with zero attached hydrogens (tertiary/aromatic N) is 1. The number of carbonyl (C=O) groups is 2. The number of alkyl halides is 3. The molecule has 0 spiro atoms. The van der Waals surface area contributed by atoms with Crippen LogP contribution in [0.15, 0.2) is 0 Å². The average Bonchev–Trinajstić information content (AvgIpc) is 2.78. The maximum Gasteiger partial charge on any atom is 0.406 e. The second-order valence-electron chi connectivity index (χ2n) is 3.75. The highest BCUT2D eigenvalue weighted by molar-refractivity contribution is 5.97. The lowest BCUT2D eigenvalue weighted by molar-refractivity contribution is -0.163. The Bertz CT molecular complexity index is 271. The van der Waals surface area contributed by atoms with Gasteiger partial charge in [0.2, 0.25) is 5.91 Å². The Morgan fingerprint density at radius 1 is 1.33 bits per heavy atom. The zero-order valence-corrected chi connectivity index (χ0v) is 8.30. The molecule has 0 aromatic carbocycles. The fraction of sp³-hybridized carbons (Fsp3) is 0.778. The summed E-state index contributed by atoms with van der Waals surface area (Å²) in [6.45, 7) is -0.0552. The lowest BCUT2D eigenvalue weighted by atomic mass is 10.2. The van der Waals surface area contributed by atoms with E-state index in [1.807, 2.05) is 0 Å². The summed E-state index contributed by atoms with van der Waals surface area (Å²) in [5.74, 6) is -1.13. The fourth-order valence-corrected chi connectivity index (χ4v) is 1.31. The minimum Gasteiger partial charge on any atom is -0.330 e. The highest BCUT2D eigenvalue weighted by Gasteiger charge is 2.40. The molecule has 6 heteroatoms. The summed E-state index contributed by atoms with van der Waals surface area (Å²) < 4.78 is 36.3. The Hall–Kier alpha value is -1.07. The van der Waals surface area contributed by atoms with Gasteiger partial charge in [0.25, 0.3) is 0 Å². The van der Waals surface area contributed by atoms with E-state index in [4.69, 9.17) is 0 Å². The van der Waals surface area contributed by atoms with Gasteiger partial charge in [-0.05, 0) is 19.8 Å². The number of Topliss-reactive ketones (excluding diaryl/α,β-unsaturated/α-hetero) is 1. The van der Waals surface area contributed by atoms with E-state index in [2.05, 4.69) is 0 Å². The SMILES string of the molecule is CC(=O)CC(=O)N(CC(F)(F)F)C1CC1. The molecule has 0 atom stereocenters. The summed E-state index contributed by atoms with van der Waals surface area (Å²) in [6.07, 6.45) is -3.64. The van der Waals surface area contributed by atoms with Crippen molar-refractivity contribution < 1.29 is 22.8 Å². The monoisotopic (exact) mass is 223 g/mol. The molecular weight excluding hydrogens is 211 g/mol. The van der Waals surface area contributed by atoms with Gasteiger partial charge < -0.3 is 4.90 Å². The van der Waals surface area contributed by atoms with Crippen molar-refractivity contribution >= 4 is 11.7 Å². The van der Waals surface area contributed by atoms with Gasteiger partial charge in [0, 0.05) is 6.04 Å². The summed E-state index contributed by atoms with van der Waals surface area (Å²) in [7, 11) is 0. The molecule has 0 radical (unpaired) electrons. The third-order valence-electron chi connectivity index (χ3n) is 2.06. The molecule has 1 rings (SSSR count). The summed E-state index contributed by atoms with van der Waals surface area (Å²) in [5.41, 5.74) is 0. The number of hydrogen-bond acceptors (Lipinski definition) is 2. The average molecular weight is 223 g/mol. The lowest BCUT2D eigenvalue weighted by Gasteiger charge is -2.23. The van der Waals surface area contributed by atoms with E-state index in [9.17, 15) is 22.8 Å². The van der Waals surface area contributed by atoms with Crippen molar-refractivity contribution in [3.63, 3.8) is 0 Å². The number of amides is 1. The van der Waals surface area contributed by atoms with Crippen LogP contribution < -0.4 is 0 Å². The molecule has 0 aromatic heterocycles. The maximum absolute atomic E-state index is 12.1. The van der Waals surface area contributed by atoms with Crippen LogP contribution >= 0.6 is 0 Å². The van der Waals surface area contributed by atoms with Crippen LogP contribution in [0.25, 0.3) is 0 Å². The van der Waals surface area contributed by atoms with E-state index in [0.717, 1.165) is 4.90 Å². The van der Waals surface area contributed by atoms with Crippen LogP contribution in [0.1, 0.15) is 26.2 Å². The van der Waals surface area contributed by atoms with Crippen LogP contribution in [-0.4, -0.2) is 35.4 Å². The smallest absolute Gasteiger partial charge is 0.330 e. The van der Waals surface area contributed by atoms with Crippen LogP contribution in [0.4, 0.5) is 13.2 Å². The van der Waals surface area contributed by atoms with Gasteiger partial charge in [-0.25, -0.2) is 0 Å². The minimum atomic E-state index is -4.39. The molecule has 1 amide bonds. The maximum atomic E-state index is 12.1. The first-order chi connectivity index (χ1) is 6.79. The van der Waals surface area contributed by atoms with Crippen LogP contribution in [0.3, 0.4) is 0 Å². The summed E-state index contributed by atoms with van der Waals surface area (Å²) in [5, 5.41) is 0. The zero-order valence-electron chi connectivity index (χ0n) is 8.30. The molecule has 0 aliphatic heterocycles. The number of rotatable bonds is 4. The standard InChI is InChI=1S/C9H12F3NO2/c1-6(14)4-8(15)13(7-2-3-7)5-9(10,11)12/h7H,2-5H2,1H3. The first-order valence-corrected chi connectivity index (χ1v) is 4.65. The molecule has 3 nitrogen and oxygen atoms in total. The van der Waals surface area contributed by atoms with Gasteiger partial charge in [0.1, 0.15) is 12.3 Å². The third-order valence-corrected chi connectivity index (χ3v) is 2.06. The van der Waals surface area contributed by atoms with Crippen molar-refractivity contribution in [3.05, 3.63) is 0 Å². The molecule has 1 aliphatic carbocycles. The van der Waals surface area contributed by atoms with Crippen molar-refractivity contribution in [2.75, 3.05) is 6.54 Å². The molecular formula is C9H12F3NO2. The summed E-state index contributed by atoms with van der Waals surface area (Å²) in [6, 6.07) is -0.321. The van der Waals surface area contributed by atoms with Crippen molar-refractivity contribution in [2.45, 2.75) is 38.4 Å². The molecule has 0 heterocycles. The van der Waals surface area contributed by atoms with Gasteiger partial charge in [0.05, 0.1) is 6.42 Å². The molecule has 0 N–H and O–H groups in total. The van der Waals surface area contributed by atoms with Gasteiger partial charge >= 0.3 is 6.18 Å².